The Balaban J connectivity index is 1.93. The molecule has 1 heterocycles. The second-order valence-electron chi connectivity index (χ2n) is 5.82. The fraction of sp³-hybridized carbons (Fsp3) is 0.562. The van der Waals surface area contributed by atoms with Crippen LogP contribution >= 0.6 is 0 Å². The number of carbonyl (C=O) groups is 1. The van der Waals surface area contributed by atoms with Crippen LogP contribution in [0.4, 0.5) is 8.78 Å². The summed E-state index contributed by atoms with van der Waals surface area (Å²) in [6.45, 7) is 5.89. The highest BCUT2D eigenvalue weighted by Gasteiger charge is 2.41. The van der Waals surface area contributed by atoms with E-state index in [0.29, 0.717) is 6.04 Å². The average molecular weight is 296 g/mol. The summed E-state index contributed by atoms with van der Waals surface area (Å²) in [5.74, 6) is -4.67. The zero-order valence-electron chi connectivity index (χ0n) is 12.5. The predicted molar refractivity (Wildman–Crippen MR) is 78.2 cm³/mol. The lowest BCUT2D eigenvalue weighted by molar-refractivity contribution is -0.148. The molecule has 0 aromatic heterocycles. The summed E-state index contributed by atoms with van der Waals surface area (Å²) in [6.07, 6.45) is 1.43. The number of halogens is 2. The summed E-state index contributed by atoms with van der Waals surface area (Å²) in [6, 6.07) is 7.52. The maximum Gasteiger partial charge on any atom is 0.349 e. The van der Waals surface area contributed by atoms with Gasteiger partial charge in [0.1, 0.15) is 0 Å². The number of nitrogens with zero attached hydrogens (tertiary/aromatic N) is 1. The van der Waals surface area contributed by atoms with Crippen LogP contribution in [0.3, 0.4) is 0 Å². The summed E-state index contributed by atoms with van der Waals surface area (Å²) in [4.78, 5) is 14.2. The number of benzene rings is 1. The number of alkyl halides is 2. The van der Waals surface area contributed by atoms with E-state index in [9.17, 15) is 13.6 Å². The zero-order valence-corrected chi connectivity index (χ0v) is 12.5. The van der Waals surface area contributed by atoms with E-state index in [1.54, 1.807) is 6.07 Å². The van der Waals surface area contributed by atoms with Gasteiger partial charge in [0, 0.05) is 30.7 Å². The van der Waals surface area contributed by atoms with Gasteiger partial charge in [0.25, 0.3) is 5.91 Å². The Hall–Kier alpha value is -1.49. The fourth-order valence-electron chi connectivity index (χ4n) is 2.61. The highest BCUT2D eigenvalue weighted by atomic mass is 19.3. The number of nitrogens with one attached hydrogen (secondary N) is 1. The molecule has 1 N–H and O–H groups in total. The Bertz CT molecular complexity index is 468. The van der Waals surface area contributed by atoms with Crippen LogP contribution in [0.5, 0.6) is 0 Å². The van der Waals surface area contributed by atoms with Crippen LogP contribution in [0.2, 0.25) is 0 Å². The van der Waals surface area contributed by atoms with Gasteiger partial charge in [-0.25, -0.2) is 0 Å². The van der Waals surface area contributed by atoms with E-state index in [4.69, 9.17) is 0 Å². The first-order valence-corrected chi connectivity index (χ1v) is 7.39. The van der Waals surface area contributed by atoms with Crippen molar-refractivity contribution in [3.05, 3.63) is 35.9 Å². The van der Waals surface area contributed by atoms with Crippen LogP contribution in [0.15, 0.2) is 30.3 Å². The molecule has 0 aliphatic carbocycles. The van der Waals surface area contributed by atoms with Crippen molar-refractivity contribution >= 4 is 5.91 Å². The molecule has 0 atom stereocenters. The van der Waals surface area contributed by atoms with E-state index in [-0.39, 0.29) is 11.6 Å². The standard InChI is InChI=1S/C16H22F2N2O/c1-12(2)20-10-8-14(9-11-20)19-15(21)16(17,18)13-6-4-3-5-7-13/h3-7,12,14H,8-11H2,1-2H3,(H,19,21). The number of hydrogen-bond acceptors (Lipinski definition) is 2. The second kappa shape index (κ2) is 6.52. The molecule has 1 aromatic rings. The highest BCUT2D eigenvalue weighted by Crippen LogP contribution is 2.28. The molecule has 116 valence electrons. The van der Waals surface area contributed by atoms with Crippen molar-refractivity contribution < 1.29 is 13.6 Å². The number of carbonyl (C=O) groups excluding carboxylic acids is 1. The van der Waals surface area contributed by atoms with Gasteiger partial charge in [-0.15, -0.1) is 0 Å². The molecule has 0 radical (unpaired) electrons. The van der Waals surface area contributed by atoms with Crippen LogP contribution in [0, 0.1) is 0 Å². The van der Waals surface area contributed by atoms with Gasteiger partial charge in [0.2, 0.25) is 0 Å². The smallest absolute Gasteiger partial charge is 0.348 e. The SMILES string of the molecule is CC(C)N1CCC(NC(=O)C(F)(F)c2ccccc2)CC1. The Kier molecular flexibility index (Phi) is 4.93. The quantitative estimate of drug-likeness (QED) is 0.926. The van der Waals surface area contributed by atoms with E-state index in [1.165, 1.54) is 24.3 Å². The van der Waals surface area contributed by atoms with Gasteiger partial charge < -0.3 is 10.2 Å². The van der Waals surface area contributed by atoms with E-state index in [1.807, 2.05) is 0 Å². The summed E-state index contributed by atoms with van der Waals surface area (Å²) < 4.78 is 28.2. The molecule has 3 nitrogen and oxygen atoms in total. The minimum absolute atomic E-state index is 0.165. The molecule has 0 saturated carbocycles. The Morgan fingerprint density at radius 3 is 2.33 bits per heavy atom. The normalized spacial score (nSPS) is 18.0. The van der Waals surface area contributed by atoms with E-state index in [0.717, 1.165) is 25.9 Å². The van der Waals surface area contributed by atoms with Gasteiger partial charge in [-0.2, -0.15) is 8.78 Å². The molecule has 1 fully saturated rings. The molecule has 0 bridgehead atoms. The monoisotopic (exact) mass is 296 g/mol. The number of piperidine rings is 1. The third-order valence-corrected chi connectivity index (χ3v) is 4.02. The summed E-state index contributed by atoms with van der Waals surface area (Å²) >= 11 is 0. The van der Waals surface area contributed by atoms with Gasteiger partial charge in [-0.1, -0.05) is 30.3 Å². The lowest BCUT2D eigenvalue weighted by atomic mass is 10.0. The predicted octanol–water partition coefficient (Wildman–Crippen LogP) is 2.77. The van der Waals surface area contributed by atoms with Crippen molar-refractivity contribution in [2.45, 2.75) is 44.7 Å². The van der Waals surface area contributed by atoms with Crippen molar-refractivity contribution in [2.75, 3.05) is 13.1 Å². The molecule has 1 saturated heterocycles. The molecule has 0 spiro atoms. The zero-order chi connectivity index (χ0) is 15.5. The highest BCUT2D eigenvalue weighted by molar-refractivity contribution is 5.85. The summed E-state index contributed by atoms with van der Waals surface area (Å²) in [5, 5.41) is 2.50. The summed E-state index contributed by atoms with van der Waals surface area (Å²) in [5.41, 5.74) is -0.262. The molecule has 5 heteroatoms. The van der Waals surface area contributed by atoms with E-state index in [2.05, 4.69) is 24.1 Å². The first kappa shape index (κ1) is 15.9. The minimum Gasteiger partial charge on any atom is -0.348 e. The molecule has 1 aliphatic rings. The molecule has 0 unspecified atom stereocenters. The number of hydrogen-bond donors (Lipinski definition) is 1. The van der Waals surface area contributed by atoms with Gasteiger partial charge in [0.15, 0.2) is 0 Å². The number of amides is 1. The molecule has 1 aromatic carbocycles. The average Bonchev–Trinajstić information content (AvgIpc) is 2.48. The largest absolute Gasteiger partial charge is 0.349 e. The molecule has 1 amide bonds. The van der Waals surface area contributed by atoms with Crippen LogP contribution in [-0.2, 0) is 10.7 Å². The van der Waals surface area contributed by atoms with Gasteiger partial charge in [-0.05, 0) is 26.7 Å². The van der Waals surface area contributed by atoms with Gasteiger partial charge in [0.05, 0.1) is 0 Å². The fourth-order valence-corrected chi connectivity index (χ4v) is 2.61. The lowest BCUT2D eigenvalue weighted by Gasteiger charge is -2.35. The Morgan fingerprint density at radius 2 is 1.81 bits per heavy atom. The molecular formula is C16H22F2N2O. The number of rotatable bonds is 4. The molecule has 2 rings (SSSR count). The molecule has 21 heavy (non-hydrogen) atoms. The summed E-state index contributed by atoms with van der Waals surface area (Å²) in [7, 11) is 0. The number of likely N-dealkylation sites (tertiary alicyclic amines) is 1. The first-order valence-electron chi connectivity index (χ1n) is 7.39. The maximum absolute atomic E-state index is 14.1. The molecular weight excluding hydrogens is 274 g/mol. The molecule has 1 aliphatic heterocycles. The minimum atomic E-state index is -3.48. The van der Waals surface area contributed by atoms with Crippen molar-refractivity contribution in [2.24, 2.45) is 0 Å². The van der Waals surface area contributed by atoms with Crippen molar-refractivity contribution in [1.82, 2.24) is 10.2 Å². The topological polar surface area (TPSA) is 32.3 Å². The van der Waals surface area contributed by atoms with Crippen molar-refractivity contribution in [3.63, 3.8) is 0 Å². The van der Waals surface area contributed by atoms with Gasteiger partial charge in [-0.3, -0.25) is 4.79 Å². The van der Waals surface area contributed by atoms with Crippen LogP contribution < -0.4 is 5.32 Å². The second-order valence-corrected chi connectivity index (χ2v) is 5.82. The first-order chi connectivity index (χ1) is 9.91. The van der Waals surface area contributed by atoms with Crippen molar-refractivity contribution in [3.8, 4) is 0 Å². The third kappa shape index (κ3) is 3.79. The lowest BCUT2D eigenvalue weighted by Crippen LogP contribution is -2.49. The van der Waals surface area contributed by atoms with Crippen LogP contribution in [0.1, 0.15) is 32.3 Å². The van der Waals surface area contributed by atoms with Crippen LogP contribution in [0.25, 0.3) is 0 Å². The van der Waals surface area contributed by atoms with E-state index < -0.39 is 11.8 Å². The van der Waals surface area contributed by atoms with Gasteiger partial charge >= 0.3 is 5.92 Å². The van der Waals surface area contributed by atoms with Crippen LogP contribution in [-0.4, -0.2) is 36.0 Å². The third-order valence-electron chi connectivity index (χ3n) is 4.02. The Morgan fingerprint density at radius 1 is 1.24 bits per heavy atom. The maximum atomic E-state index is 14.1. The van der Waals surface area contributed by atoms with Crippen molar-refractivity contribution in [1.29, 1.82) is 0 Å². The Labute approximate surface area is 124 Å². The van der Waals surface area contributed by atoms with E-state index >= 15 is 0 Å².